The van der Waals surface area contributed by atoms with Gasteiger partial charge in [-0.25, -0.2) is 4.98 Å². The zero-order valence-electron chi connectivity index (χ0n) is 11.2. The van der Waals surface area contributed by atoms with Crippen molar-refractivity contribution in [3.05, 3.63) is 16.1 Å². The summed E-state index contributed by atoms with van der Waals surface area (Å²) in [4.78, 5) is 4.52. The van der Waals surface area contributed by atoms with Gasteiger partial charge in [0.15, 0.2) is 0 Å². The first kappa shape index (κ1) is 14.6. The summed E-state index contributed by atoms with van der Waals surface area (Å²) >= 11 is 1.75. The van der Waals surface area contributed by atoms with Crippen molar-refractivity contribution in [1.29, 1.82) is 0 Å². The Morgan fingerprint density at radius 1 is 1.41 bits per heavy atom. The van der Waals surface area contributed by atoms with Crippen molar-refractivity contribution in [1.82, 2.24) is 10.3 Å². The highest BCUT2D eigenvalue weighted by Crippen LogP contribution is 2.09. The van der Waals surface area contributed by atoms with Crippen LogP contribution in [0, 0.1) is 0 Å². The van der Waals surface area contributed by atoms with Crippen molar-refractivity contribution < 1.29 is 4.74 Å². The van der Waals surface area contributed by atoms with Gasteiger partial charge in [0, 0.05) is 18.5 Å². The van der Waals surface area contributed by atoms with E-state index in [4.69, 9.17) is 4.74 Å². The zero-order valence-corrected chi connectivity index (χ0v) is 12.0. The van der Waals surface area contributed by atoms with Crippen LogP contribution in [0.5, 0.6) is 0 Å². The molecule has 0 atom stereocenters. The predicted molar refractivity (Wildman–Crippen MR) is 73.5 cm³/mol. The van der Waals surface area contributed by atoms with Gasteiger partial charge >= 0.3 is 0 Å². The Balaban J connectivity index is 1.97. The lowest BCUT2D eigenvalue weighted by atomic mass is 10.3. The number of hydrogen-bond donors (Lipinski definition) is 1. The second-order valence-corrected chi connectivity index (χ2v) is 5.33. The van der Waals surface area contributed by atoms with E-state index in [0.717, 1.165) is 39.0 Å². The molecule has 0 unspecified atom stereocenters. The average molecular weight is 256 g/mol. The first-order chi connectivity index (χ1) is 8.22. The van der Waals surface area contributed by atoms with E-state index in [1.165, 1.54) is 10.7 Å². The summed E-state index contributed by atoms with van der Waals surface area (Å²) in [6.45, 7) is 9.10. The Kier molecular flexibility index (Phi) is 7.40. The van der Waals surface area contributed by atoms with Crippen LogP contribution >= 0.6 is 11.3 Å². The van der Waals surface area contributed by atoms with Crippen molar-refractivity contribution in [3.8, 4) is 0 Å². The van der Waals surface area contributed by atoms with Crippen LogP contribution in [0.2, 0.25) is 0 Å². The molecule has 0 radical (unpaired) electrons. The zero-order chi connectivity index (χ0) is 12.5. The Morgan fingerprint density at radius 2 is 2.24 bits per heavy atom. The van der Waals surface area contributed by atoms with Crippen molar-refractivity contribution in [2.75, 3.05) is 13.2 Å². The summed E-state index contributed by atoms with van der Waals surface area (Å²) in [6.07, 6.45) is 3.68. The molecular formula is C13H24N2OS. The summed E-state index contributed by atoms with van der Waals surface area (Å²) in [5.74, 6) is 0. The summed E-state index contributed by atoms with van der Waals surface area (Å²) in [6, 6.07) is 0. The van der Waals surface area contributed by atoms with Gasteiger partial charge in [-0.15, -0.1) is 11.3 Å². The standard InChI is InChI=1S/C13H24N2OS/c1-4-13-15-12(10-17-13)9-14-7-5-6-8-16-11(2)3/h10-11,14H,4-9H2,1-3H3. The highest BCUT2D eigenvalue weighted by atomic mass is 32.1. The number of nitrogens with zero attached hydrogens (tertiary/aromatic N) is 1. The van der Waals surface area contributed by atoms with Gasteiger partial charge in [-0.1, -0.05) is 6.92 Å². The third kappa shape index (κ3) is 6.76. The van der Waals surface area contributed by atoms with Gasteiger partial charge in [0.2, 0.25) is 0 Å². The summed E-state index contributed by atoms with van der Waals surface area (Å²) in [5, 5.41) is 6.79. The molecule has 17 heavy (non-hydrogen) atoms. The summed E-state index contributed by atoms with van der Waals surface area (Å²) < 4.78 is 5.49. The van der Waals surface area contributed by atoms with E-state index in [1.54, 1.807) is 11.3 Å². The largest absolute Gasteiger partial charge is 0.379 e. The highest BCUT2D eigenvalue weighted by molar-refractivity contribution is 7.09. The van der Waals surface area contributed by atoms with Crippen molar-refractivity contribution in [2.45, 2.75) is 52.7 Å². The molecule has 0 aliphatic rings. The maximum absolute atomic E-state index is 5.49. The molecule has 0 aliphatic heterocycles. The number of nitrogens with one attached hydrogen (secondary N) is 1. The van der Waals surface area contributed by atoms with Crippen molar-refractivity contribution in [3.63, 3.8) is 0 Å². The molecule has 1 N–H and O–H groups in total. The Hall–Kier alpha value is -0.450. The first-order valence-electron chi connectivity index (χ1n) is 6.48. The number of aromatic nitrogens is 1. The molecule has 98 valence electrons. The number of hydrogen-bond acceptors (Lipinski definition) is 4. The minimum atomic E-state index is 0.352. The molecule has 0 spiro atoms. The molecule has 4 heteroatoms. The highest BCUT2D eigenvalue weighted by Gasteiger charge is 1.99. The molecule has 1 heterocycles. The van der Waals surface area contributed by atoms with Crippen LogP contribution in [0.1, 0.15) is 44.3 Å². The lowest BCUT2D eigenvalue weighted by molar-refractivity contribution is 0.0760. The first-order valence-corrected chi connectivity index (χ1v) is 7.36. The van der Waals surface area contributed by atoms with Gasteiger partial charge in [0.05, 0.1) is 16.8 Å². The van der Waals surface area contributed by atoms with Crippen molar-refractivity contribution >= 4 is 11.3 Å². The molecule has 1 aromatic heterocycles. The van der Waals surface area contributed by atoms with Gasteiger partial charge in [-0.2, -0.15) is 0 Å². The van der Waals surface area contributed by atoms with Gasteiger partial charge in [-0.05, 0) is 39.7 Å². The molecule has 0 saturated carbocycles. The molecule has 0 bridgehead atoms. The fourth-order valence-electron chi connectivity index (χ4n) is 1.48. The third-order valence-corrected chi connectivity index (χ3v) is 3.45. The van der Waals surface area contributed by atoms with Crippen LogP contribution in [0.25, 0.3) is 0 Å². The Morgan fingerprint density at radius 3 is 2.88 bits per heavy atom. The van der Waals surface area contributed by atoms with E-state index in [1.807, 2.05) is 0 Å². The van der Waals surface area contributed by atoms with E-state index in [9.17, 15) is 0 Å². The van der Waals surface area contributed by atoms with Crippen LogP contribution in [0.4, 0.5) is 0 Å². The fourth-order valence-corrected chi connectivity index (χ4v) is 2.22. The maximum Gasteiger partial charge on any atom is 0.0926 e. The molecule has 0 amide bonds. The third-order valence-electron chi connectivity index (χ3n) is 2.41. The lowest BCUT2D eigenvalue weighted by Gasteiger charge is -2.07. The number of aryl methyl sites for hydroxylation is 1. The summed E-state index contributed by atoms with van der Waals surface area (Å²) in [7, 11) is 0. The molecular weight excluding hydrogens is 232 g/mol. The molecule has 1 rings (SSSR count). The normalized spacial score (nSPS) is 11.3. The Bertz CT molecular complexity index is 299. The average Bonchev–Trinajstić information content (AvgIpc) is 2.75. The number of ether oxygens (including phenoxy) is 1. The van der Waals surface area contributed by atoms with Crippen LogP contribution in [0.15, 0.2) is 5.38 Å². The van der Waals surface area contributed by atoms with E-state index in [-0.39, 0.29) is 0 Å². The van der Waals surface area contributed by atoms with Crippen LogP contribution in [0.3, 0.4) is 0 Å². The van der Waals surface area contributed by atoms with Crippen LogP contribution in [-0.4, -0.2) is 24.2 Å². The van der Waals surface area contributed by atoms with E-state index in [0.29, 0.717) is 6.10 Å². The SMILES string of the molecule is CCc1nc(CNCCCCOC(C)C)cs1. The van der Waals surface area contributed by atoms with Gasteiger partial charge < -0.3 is 10.1 Å². The van der Waals surface area contributed by atoms with Crippen LogP contribution in [-0.2, 0) is 17.7 Å². The van der Waals surface area contributed by atoms with Crippen molar-refractivity contribution in [2.24, 2.45) is 0 Å². The maximum atomic E-state index is 5.49. The fraction of sp³-hybridized carbons (Fsp3) is 0.769. The van der Waals surface area contributed by atoms with Gasteiger partial charge in [0.25, 0.3) is 0 Å². The molecule has 1 aromatic rings. The number of unbranched alkanes of at least 4 members (excludes halogenated alkanes) is 1. The minimum absolute atomic E-state index is 0.352. The van der Waals surface area contributed by atoms with E-state index in [2.05, 4.69) is 36.5 Å². The van der Waals surface area contributed by atoms with Gasteiger partial charge in [0.1, 0.15) is 0 Å². The second-order valence-electron chi connectivity index (χ2n) is 4.39. The topological polar surface area (TPSA) is 34.2 Å². The molecule has 0 aliphatic carbocycles. The number of thiazole rings is 1. The molecule has 0 fully saturated rings. The summed E-state index contributed by atoms with van der Waals surface area (Å²) in [5.41, 5.74) is 1.17. The monoisotopic (exact) mass is 256 g/mol. The Labute approximate surface area is 109 Å². The second kappa shape index (κ2) is 8.61. The lowest BCUT2D eigenvalue weighted by Crippen LogP contribution is -2.15. The quantitative estimate of drug-likeness (QED) is 0.690. The number of rotatable bonds is 9. The molecule has 0 saturated heterocycles. The van der Waals surface area contributed by atoms with Gasteiger partial charge in [-0.3, -0.25) is 0 Å². The minimum Gasteiger partial charge on any atom is -0.379 e. The molecule has 3 nitrogen and oxygen atoms in total. The van der Waals surface area contributed by atoms with E-state index < -0.39 is 0 Å². The van der Waals surface area contributed by atoms with E-state index >= 15 is 0 Å². The molecule has 0 aromatic carbocycles. The predicted octanol–water partition coefficient (Wildman–Crippen LogP) is 3.00. The smallest absolute Gasteiger partial charge is 0.0926 e. The van der Waals surface area contributed by atoms with Crippen LogP contribution < -0.4 is 5.32 Å².